The number of nitrogens with one attached hydrogen (secondary N) is 1. The molecule has 1 heterocycles. The highest BCUT2D eigenvalue weighted by Crippen LogP contribution is 2.62. The molecule has 124 valence electrons. The van der Waals surface area contributed by atoms with Crippen molar-refractivity contribution in [3.63, 3.8) is 0 Å². The van der Waals surface area contributed by atoms with E-state index >= 15 is 0 Å². The molecule has 1 atom stereocenters. The number of nitrogens with zero attached hydrogens (tertiary/aromatic N) is 2. The smallest absolute Gasteiger partial charge is 0.269 e. The Balaban J connectivity index is 1.70. The first-order valence-corrected chi connectivity index (χ1v) is 9.36. The molecule has 1 aliphatic heterocycles. The van der Waals surface area contributed by atoms with Gasteiger partial charge in [-0.05, 0) is 50.3 Å². The van der Waals surface area contributed by atoms with Gasteiger partial charge in [0, 0.05) is 30.3 Å². The predicted octanol–water partition coefficient (Wildman–Crippen LogP) is 1.50. The minimum atomic E-state index is -3.64. The van der Waals surface area contributed by atoms with Crippen molar-refractivity contribution in [1.29, 1.82) is 0 Å². The first kappa shape index (κ1) is 15.0. The lowest BCUT2D eigenvalue weighted by atomic mass is 9.49. The van der Waals surface area contributed by atoms with Gasteiger partial charge in [0.2, 0.25) is 10.0 Å². The molecule has 0 radical (unpaired) electrons. The van der Waals surface area contributed by atoms with Crippen molar-refractivity contribution >= 4 is 15.7 Å². The highest BCUT2D eigenvalue weighted by molar-refractivity contribution is 7.89. The summed E-state index contributed by atoms with van der Waals surface area (Å²) in [4.78, 5) is 10.4. The summed E-state index contributed by atoms with van der Waals surface area (Å²) >= 11 is 0. The van der Waals surface area contributed by atoms with Gasteiger partial charge < -0.3 is 5.32 Å². The summed E-state index contributed by atoms with van der Waals surface area (Å²) in [5.41, 5.74) is -0.300. The van der Waals surface area contributed by atoms with Crippen LogP contribution in [-0.4, -0.2) is 42.3 Å². The second-order valence-corrected chi connectivity index (χ2v) is 8.72. The molecule has 7 nitrogen and oxygen atoms in total. The number of nitro groups is 1. The monoisotopic (exact) mass is 337 g/mol. The van der Waals surface area contributed by atoms with Crippen molar-refractivity contribution < 1.29 is 13.3 Å². The highest BCUT2D eigenvalue weighted by Gasteiger charge is 2.64. The maximum atomic E-state index is 13.2. The SMILES string of the molecule is O=[N+]([O-])c1ccc(S(=O)(=O)N([C@@H]2CCNC2)C23CC(C2)C3)cc1. The van der Waals surface area contributed by atoms with Crippen molar-refractivity contribution in [3.8, 4) is 0 Å². The van der Waals surface area contributed by atoms with E-state index in [0.29, 0.717) is 12.5 Å². The summed E-state index contributed by atoms with van der Waals surface area (Å²) in [7, 11) is -3.64. The molecular weight excluding hydrogens is 318 g/mol. The normalized spacial score (nSPS) is 32.4. The summed E-state index contributed by atoms with van der Waals surface area (Å²) in [5, 5.41) is 14.0. The van der Waals surface area contributed by atoms with Crippen LogP contribution in [0.5, 0.6) is 0 Å². The van der Waals surface area contributed by atoms with Crippen LogP contribution in [0.4, 0.5) is 5.69 Å². The summed E-state index contributed by atoms with van der Waals surface area (Å²) in [6.07, 6.45) is 3.68. The first-order chi connectivity index (χ1) is 10.9. The van der Waals surface area contributed by atoms with Crippen molar-refractivity contribution in [1.82, 2.24) is 9.62 Å². The molecule has 23 heavy (non-hydrogen) atoms. The fraction of sp³-hybridized carbons (Fsp3) is 0.600. The zero-order valence-corrected chi connectivity index (χ0v) is 13.5. The number of sulfonamides is 1. The number of nitro benzene ring substituents is 1. The van der Waals surface area contributed by atoms with Crippen LogP contribution in [-0.2, 0) is 10.0 Å². The van der Waals surface area contributed by atoms with E-state index in [1.54, 1.807) is 4.31 Å². The standard InChI is InChI=1S/C15H19N3O4S/c19-18(20)12-1-3-14(4-2-12)23(21,22)17(13-5-6-16-10-13)15-7-11(8-15)9-15/h1-4,11,13,16H,5-10H2/t11?,13-,15?/m1/s1. The maximum Gasteiger partial charge on any atom is 0.269 e. The maximum absolute atomic E-state index is 13.2. The number of rotatable bonds is 5. The molecule has 1 aromatic rings. The Morgan fingerprint density at radius 2 is 1.87 bits per heavy atom. The van der Waals surface area contributed by atoms with Crippen LogP contribution in [0.25, 0.3) is 0 Å². The minimum absolute atomic E-state index is 0.0172. The number of non-ortho nitro benzene ring substituents is 1. The second-order valence-electron chi connectivity index (χ2n) is 6.90. The Hall–Kier alpha value is -1.51. The Kier molecular flexibility index (Phi) is 3.26. The van der Waals surface area contributed by atoms with Crippen molar-refractivity contribution in [2.75, 3.05) is 13.1 Å². The van der Waals surface area contributed by atoms with Crippen LogP contribution < -0.4 is 5.32 Å². The zero-order chi connectivity index (χ0) is 16.2. The van der Waals surface area contributed by atoms with Gasteiger partial charge in [-0.15, -0.1) is 0 Å². The lowest BCUT2D eigenvalue weighted by Crippen LogP contribution is -2.71. The Labute approximate surface area is 134 Å². The quantitative estimate of drug-likeness (QED) is 0.649. The van der Waals surface area contributed by atoms with E-state index in [0.717, 1.165) is 32.2 Å². The van der Waals surface area contributed by atoms with E-state index in [1.807, 2.05) is 0 Å². The van der Waals surface area contributed by atoms with E-state index in [2.05, 4.69) is 5.32 Å². The average Bonchev–Trinajstić information content (AvgIpc) is 2.94. The minimum Gasteiger partial charge on any atom is -0.315 e. The van der Waals surface area contributed by atoms with Gasteiger partial charge in [0.15, 0.2) is 0 Å². The summed E-state index contributed by atoms with van der Waals surface area (Å²) in [6, 6.07) is 5.22. The fourth-order valence-electron chi connectivity index (χ4n) is 4.23. The lowest BCUT2D eigenvalue weighted by Gasteiger charge is -2.66. The van der Waals surface area contributed by atoms with Crippen molar-refractivity contribution in [2.24, 2.45) is 5.92 Å². The molecular formula is C15H19N3O4S. The summed E-state index contributed by atoms with van der Waals surface area (Å²) in [6.45, 7) is 1.51. The highest BCUT2D eigenvalue weighted by atomic mass is 32.2. The van der Waals surface area contributed by atoms with Gasteiger partial charge in [-0.2, -0.15) is 4.31 Å². The van der Waals surface area contributed by atoms with Gasteiger partial charge in [0.25, 0.3) is 5.69 Å². The molecule has 4 fully saturated rings. The zero-order valence-electron chi connectivity index (χ0n) is 12.6. The van der Waals surface area contributed by atoms with Crippen molar-refractivity contribution in [3.05, 3.63) is 34.4 Å². The third-order valence-electron chi connectivity index (χ3n) is 5.44. The van der Waals surface area contributed by atoms with Gasteiger partial charge in [0.05, 0.1) is 9.82 Å². The second kappa shape index (κ2) is 4.99. The first-order valence-electron chi connectivity index (χ1n) is 7.92. The lowest BCUT2D eigenvalue weighted by molar-refractivity contribution is -0.384. The molecule has 5 rings (SSSR count). The fourth-order valence-corrected chi connectivity index (χ4v) is 6.25. The average molecular weight is 337 g/mol. The summed E-state index contributed by atoms with van der Waals surface area (Å²) in [5.74, 6) is 0.680. The number of hydrogen-bond acceptors (Lipinski definition) is 5. The van der Waals surface area contributed by atoms with Crippen LogP contribution in [0.15, 0.2) is 29.2 Å². The van der Waals surface area contributed by atoms with E-state index < -0.39 is 14.9 Å². The molecule has 0 aromatic heterocycles. The Morgan fingerprint density at radius 1 is 1.22 bits per heavy atom. The molecule has 0 spiro atoms. The summed E-state index contributed by atoms with van der Waals surface area (Å²) < 4.78 is 28.1. The van der Waals surface area contributed by atoms with Crippen LogP contribution in [0.1, 0.15) is 25.7 Å². The van der Waals surface area contributed by atoms with Crippen molar-refractivity contribution in [2.45, 2.75) is 42.2 Å². The van der Waals surface area contributed by atoms with E-state index in [-0.39, 0.29) is 22.2 Å². The molecule has 0 amide bonds. The van der Waals surface area contributed by atoms with Crippen LogP contribution in [0.2, 0.25) is 0 Å². The molecule has 2 bridgehead atoms. The molecule has 3 aliphatic carbocycles. The Bertz CT molecular complexity index is 723. The van der Waals surface area contributed by atoms with E-state index in [4.69, 9.17) is 0 Å². The van der Waals surface area contributed by atoms with Crippen LogP contribution >= 0.6 is 0 Å². The molecule has 0 unspecified atom stereocenters. The molecule has 4 aliphatic rings. The molecule has 1 saturated heterocycles. The van der Waals surface area contributed by atoms with Crippen LogP contribution in [0.3, 0.4) is 0 Å². The number of benzene rings is 1. The topological polar surface area (TPSA) is 92.5 Å². The molecule has 8 heteroatoms. The third-order valence-corrected chi connectivity index (χ3v) is 7.51. The molecule has 1 N–H and O–H groups in total. The number of hydrogen-bond donors (Lipinski definition) is 1. The molecule has 1 aromatic carbocycles. The van der Waals surface area contributed by atoms with Gasteiger partial charge in [-0.3, -0.25) is 10.1 Å². The predicted molar refractivity (Wildman–Crippen MR) is 83.5 cm³/mol. The van der Waals surface area contributed by atoms with Gasteiger partial charge in [0.1, 0.15) is 0 Å². The van der Waals surface area contributed by atoms with Gasteiger partial charge in [-0.1, -0.05) is 0 Å². The van der Waals surface area contributed by atoms with Crippen LogP contribution in [0, 0.1) is 16.0 Å². The third kappa shape index (κ3) is 2.20. The van der Waals surface area contributed by atoms with E-state index in [9.17, 15) is 18.5 Å². The Morgan fingerprint density at radius 3 is 2.30 bits per heavy atom. The van der Waals surface area contributed by atoms with Gasteiger partial charge >= 0.3 is 0 Å². The molecule has 3 saturated carbocycles. The largest absolute Gasteiger partial charge is 0.315 e. The van der Waals surface area contributed by atoms with Gasteiger partial charge in [-0.25, -0.2) is 8.42 Å². The van der Waals surface area contributed by atoms with E-state index in [1.165, 1.54) is 24.3 Å².